The Bertz CT molecular complexity index is 208. The number of carbonyl (C=O) groups excluding carboxylic acids is 1. The third-order valence-electron chi connectivity index (χ3n) is 2.19. The van der Waals surface area contributed by atoms with E-state index in [-0.39, 0.29) is 19.4 Å². The quantitative estimate of drug-likeness (QED) is 0.369. The summed E-state index contributed by atoms with van der Waals surface area (Å²) >= 11 is 0. The Labute approximate surface area is 81.3 Å². The van der Waals surface area contributed by atoms with Crippen molar-refractivity contribution in [2.24, 2.45) is 11.7 Å². The van der Waals surface area contributed by atoms with Gasteiger partial charge >= 0.3 is 5.97 Å². The lowest BCUT2D eigenvalue weighted by Gasteiger charge is -2.29. The maximum absolute atomic E-state index is 10.8. The molecule has 0 aliphatic heterocycles. The van der Waals surface area contributed by atoms with Crippen LogP contribution in [0.5, 0.6) is 0 Å². The van der Waals surface area contributed by atoms with Gasteiger partial charge in [-0.05, 0) is 12.8 Å². The summed E-state index contributed by atoms with van der Waals surface area (Å²) in [4.78, 5) is 21.4. The smallest absolute Gasteiger partial charge is 0.324 e. The monoisotopic (exact) mass is 205 g/mol. The fraction of sp³-hybridized carbons (Fsp3) is 0.750. The van der Waals surface area contributed by atoms with E-state index in [2.05, 4.69) is 0 Å². The molecule has 0 radical (unpaired) electrons. The lowest BCUT2D eigenvalue weighted by Crippen LogP contribution is -2.55. The van der Waals surface area contributed by atoms with E-state index in [0.717, 1.165) is 0 Å². The van der Waals surface area contributed by atoms with Crippen LogP contribution in [0, 0.1) is 5.92 Å². The molecule has 0 aromatic carbocycles. The van der Waals surface area contributed by atoms with Crippen molar-refractivity contribution in [1.82, 2.24) is 0 Å². The molecule has 0 bridgehead atoms. The first-order valence-corrected chi connectivity index (χ1v) is 4.22. The molecule has 0 saturated carbocycles. The Morgan fingerprint density at radius 1 is 1.43 bits per heavy atom. The van der Waals surface area contributed by atoms with Gasteiger partial charge in [0.15, 0.2) is 0 Å². The average Bonchev–Trinajstić information content (AvgIpc) is 2.14. The van der Waals surface area contributed by atoms with Crippen LogP contribution < -0.4 is 5.73 Å². The van der Waals surface area contributed by atoms with E-state index in [0.29, 0.717) is 6.29 Å². The third kappa shape index (κ3) is 2.76. The van der Waals surface area contributed by atoms with E-state index in [4.69, 9.17) is 21.1 Å². The molecular weight excluding hydrogens is 190 g/mol. The van der Waals surface area contributed by atoms with Crippen LogP contribution in [0.1, 0.15) is 12.8 Å². The molecule has 0 rings (SSSR count). The van der Waals surface area contributed by atoms with Gasteiger partial charge < -0.3 is 25.8 Å². The van der Waals surface area contributed by atoms with Crippen molar-refractivity contribution in [3.8, 4) is 0 Å². The van der Waals surface area contributed by atoms with Gasteiger partial charge in [-0.25, -0.2) is 0 Å². The van der Waals surface area contributed by atoms with Crippen molar-refractivity contribution < 1.29 is 24.9 Å². The number of hydrogen-bond donors (Lipinski definition) is 4. The number of nitrogens with two attached hydrogens (primary N) is 1. The van der Waals surface area contributed by atoms with E-state index in [9.17, 15) is 9.59 Å². The Kier molecular flexibility index (Phi) is 5.29. The van der Waals surface area contributed by atoms with Crippen LogP contribution in [0.25, 0.3) is 0 Å². The molecule has 0 spiro atoms. The van der Waals surface area contributed by atoms with E-state index < -0.39 is 24.0 Å². The summed E-state index contributed by atoms with van der Waals surface area (Å²) in [5, 5.41) is 26.1. The standard InChI is InChI=1S/C8H15NO5/c9-8(2-4-11,7(13)14)6(5-12)1-3-10/h5-6,10-11H,1-4,9H2,(H,13,14). The van der Waals surface area contributed by atoms with E-state index in [1.807, 2.05) is 0 Å². The zero-order chi connectivity index (χ0) is 11.2. The highest BCUT2D eigenvalue weighted by molar-refractivity contribution is 5.83. The summed E-state index contributed by atoms with van der Waals surface area (Å²) in [7, 11) is 0. The van der Waals surface area contributed by atoms with Gasteiger partial charge in [-0.1, -0.05) is 0 Å². The second-order valence-electron chi connectivity index (χ2n) is 3.07. The van der Waals surface area contributed by atoms with Gasteiger partial charge in [-0.3, -0.25) is 4.79 Å². The number of aliphatic hydroxyl groups is 2. The summed E-state index contributed by atoms with van der Waals surface area (Å²) < 4.78 is 0. The molecule has 0 heterocycles. The van der Waals surface area contributed by atoms with Crippen LogP contribution in [0.2, 0.25) is 0 Å². The van der Waals surface area contributed by atoms with Gasteiger partial charge in [-0.15, -0.1) is 0 Å². The van der Waals surface area contributed by atoms with Crippen LogP contribution in [0.3, 0.4) is 0 Å². The average molecular weight is 205 g/mol. The molecule has 2 unspecified atom stereocenters. The molecule has 5 N–H and O–H groups in total. The Balaban J connectivity index is 4.75. The first kappa shape index (κ1) is 13.0. The summed E-state index contributed by atoms with van der Waals surface area (Å²) in [6.45, 7) is -0.736. The van der Waals surface area contributed by atoms with Crippen LogP contribution >= 0.6 is 0 Å². The summed E-state index contributed by atoms with van der Waals surface area (Å²) in [5.41, 5.74) is 3.70. The van der Waals surface area contributed by atoms with Crippen LogP contribution in [-0.4, -0.2) is 46.3 Å². The molecular formula is C8H15NO5. The molecule has 0 saturated heterocycles. The molecule has 6 nitrogen and oxygen atoms in total. The van der Waals surface area contributed by atoms with E-state index in [1.165, 1.54) is 0 Å². The molecule has 82 valence electrons. The third-order valence-corrected chi connectivity index (χ3v) is 2.19. The summed E-state index contributed by atoms with van der Waals surface area (Å²) in [5.74, 6) is -2.34. The van der Waals surface area contributed by atoms with Gasteiger partial charge in [-0.2, -0.15) is 0 Å². The van der Waals surface area contributed by atoms with Gasteiger partial charge in [0, 0.05) is 19.1 Å². The highest BCUT2D eigenvalue weighted by Crippen LogP contribution is 2.20. The predicted octanol–water partition coefficient (Wildman–Crippen LogP) is -1.65. The minimum absolute atomic E-state index is 0.0215. The van der Waals surface area contributed by atoms with Crippen molar-refractivity contribution in [3.63, 3.8) is 0 Å². The number of aldehydes is 1. The zero-order valence-corrected chi connectivity index (χ0v) is 7.72. The lowest BCUT2D eigenvalue weighted by atomic mass is 9.81. The lowest BCUT2D eigenvalue weighted by molar-refractivity contribution is -0.148. The number of aliphatic carboxylic acids is 1. The molecule has 2 atom stereocenters. The largest absolute Gasteiger partial charge is 0.480 e. The van der Waals surface area contributed by atoms with E-state index in [1.54, 1.807) is 0 Å². The van der Waals surface area contributed by atoms with Crippen LogP contribution in [0.15, 0.2) is 0 Å². The maximum atomic E-state index is 10.8. The van der Waals surface area contributed by atoms with Crippen molar-refractivity contribution in [3.05, 3.63) is 0 Å². The van der Waals surface area contributed by atoms with Crippen molar-refractivity contribution in [2.75, 3.05) is 13.2 Å². The van der Waals surface area contributed by atoms with Crippen LogP contribution in [0.4, 0.5) is 0 Å². The van der Waals surface area contributed by atoms with Gasteiger partial charge in [0.2, 0.25) is 0 Å². The summed E-state index contributed by atoms with van der Waals surface area (Å²) in [6, 6.07) is 0. The second-order valence-corrected chi connectivity index (χ2v) is 3.07. The fourth-order valence-electron chi connectivity index (χ4n) is 1.22. The molecule has 0 aliphatic rings. The highest BCUT2D eigenvalue weighted by Gasteiger charge is 2.41. The first-order valence-electron chi connectivity index (χ1n) is 4.22. The van der Waals surface area contributed by atoms with Gasteiger partial charge in [0.25, 0.3) is 0 Å². The Morgan fingerprint density at radius 2 is 2.00 bits per heavy atom. The Morgan fingerprint density at radius 3 is 2.29 bits per heavy atom. The van der Waals surface area contributed by atoms with Gasteiger partial charge in [0.1, 0.15) is 11.8 Å². The molecule has 0 aliphatic carbocycles. The van der Waals surface area contributed by atoms with Crippen LogP contribution in [-0.2, 0) is 9.59 Å². The topological polar surface area (TPSA) is 121 Å². The number of hydrogen-bond acceptors (Lipinski definition) is 5. The minimum atomic E-state index is -1.79. The fourth-order valence-corrected chi connectivity index (χ4v) is 1.22. The predicted molar refractivity (Wildman–Crippen MR) is 47.5 cm³/mol. The molecule has 0 aromatic heterocycles. The van der Waals surface area contributed by atoms with Crippen molar-refractivity contribution in [1.29, 1.82) is 0 Å². The normalized spacial score (nSPS) is 17.1. The van der Waals surface area contributed by atoms with Crippen molar-refractivity contribution >= 4 is 12.3 Å². The van der Waals surface area contributed by atoms with Gasteiger partial charge in [0.05, 0.1) is 0 Å². The highest BCUT2D eigenvalue weighted by atomic mass is 16.4. The number of rotatable bonds is 7. The number of carbonyl (C=O) groups is 2. The number of carboxylic acid groups (broad SMARTS) is 1. The number of carboxylic acids is 1. The zero-order valence-electron chi connectivity index (χ0n) is 7.72. The molecule has 6 heteroatoms. The maximum Gasteiger partial charge on any atom is 0.324 e. The SMILES string of the molecule is NC(CCO)(C(=O)O)C(C=O)CCO. The van der Waals surface area contributed by atoms with Crippen molar-refractivity contribution in [2.45, 2.75) is 18.4 Å². The number of aliphatic hydroxyl groups excluding tert-OH is 2. The second kappa shape index (κ2) is 5.69. The summed E-state index contributed by atoms with van der Waals surface area (Å²) in [6.07, 6.45) is 0.165. The first-order chi connectivity index (χ1) is 6.52. The molecule has 14 heavy (non-hydrogen) atoms. The molecule has 0 amide bonds. The Hall–Kier alpha value is -0.980. The van der Waals surface area contributed by atoms with E-state index >= 15 is 0 Å². The molecule has 0 fully saturated rings. The molecule has 0 aromatic rings. The minimum Gasteiger partial charge on any atom is -0.480 e.